The van der Waals surface area contributed by atoms with Gasteiger partial charge in [0.2, 0.25) is 0 Å². The first-order chi connectivity index (χ1) is 16.9. The third-order valence-corrected chi connectivity index (χ3v) is 5.82. The van der Waals surface area contributed by atoms with Crippen LogP contribution in [0.1, 0.15) is 27.4 Å². The quantitative estimate of drug-likeness (QED) is 0.451. The third-order valence-electron chi connectivity index (χ3n) is 5.82. The standard InChI is InChI=1S/C26H23FN2O6/c1-34-23(25(31)32)13-28-24(30)15-10-11-22(21(27)12-15)29-26(33)35-14-20-18-8-4-2-6-16(18)17-7-3-5-9-19(17)20/h2-12,20,23H,13-14H2,1H3,(H,28,30)(H,29,33)(H,31,32). The van der Waals surface area contributed by atoms with Gasteiger partial charge in [-0.2, -0.15) is 0 Å². The largest absolute Gasteiger partial charge is 0.479 e. The number of amides is 2. The van der Waals surface area contributed by atoms with Gasteiger partial charge in [-0.05, 0) is 40.5 Å². The number of benzene rings is 3. The molecule has 1 atom stereocenters. The van der Waals surface area contributed by atoms with Crippen molar-refractivity contribution in [3.05, 3.63) is 89.2 Å². The first kappa shape index (κ1) is 23.9. The zero-order valence-corrected chi connectivity index (χ0v) is 18.8. The van der Waals surface area contributed by atoms with Gasteiger partial charge in [0, 0.05) is 18.6 Å². The number of carbonyl (C=O) groups excluding carboxylic acids is 2. The number of halogens is 1. The molecule has 0 saturated carbocycles. The minimum absolute atomic E-state index is 0.0409. The summed E-state index contributed by atoms with van der Waals surface area (Å²) in [4.78, 5) is 35.5. The van der Waals surface area contributed by atoms with E-state index in [2.05, 4.69) is 10.6 Å². The molecule has 1 unspecified atom stereocenters. The summed E-state index contributed by atoms with van der Waals surface area (Å²) in [7, 11) is 1.20. The highest BCUT2D eigenvalue weighted by atomic mass is 19.1. The van der Waals surface area contributed by atoms with Gasteiger partial charge in [-0.1, -0.05) is 48.5 Å². The number of nitrogens with one attached hydrogen (secondary N) is 2. The molecule has 3 aromatic rings. The molecule has 1 aliphatic carbocycles. The molecule has 35 heavy (non-hydrogen) atoms. The minimum Gasteiger partial charge on any atom is -0.479 e. The summed E-state index contributed by atoms with van der Waals surface area (Å²) in [5.41, 5.74) is 4.11. The van der Waals surface area contributed by atoms with Gasteiger partial charge >= 0.3 is 12.1 Å². The number of methoxy groups -OCH3 is 1. The molecule has 0 spiro atoms. The van der Waals surface area contributed by atoms with E-state index in [0.29, 0.717) is 0 Å². The Hall–Kier alpha value is -4.24. The number of carboxylic acid groups (broad SMARTS) is 1. The Bertz CT molecular complexity index is 1230. The smallest absolute Gasteiger partial charge is 0.411 e. The fourth-order valence-electron chi connectivity index (χ4n) is 4.06. The molecule has 3 aromatic carbocycles. The zero-order valence-electron chi connectivity index (χ0n) is 18.8. The predicted molar refractivity (Wildman–Crippen MR) is 126 cm³/mol. The van der Waals surface area contributed by atoms with Gasteiger partial charge in [0.15, 0.2) is 6.10 Å². The molecule has 0 radical (unpaired) electrons. The number of aliphatic carboxylic acids is 1. The average Bonchev–Trinajstić information content (AvgIpc) is 3.17. The SMILES string of the molecule is COC(CNC(=O)c1ccc(NC(=O)OCC2c3ccccc3-c3ccccc32)c(F)c1)C(=O)O. The van der Waals surface area contributed by atoms with Crippen molar-refractivity contribution in [1.82, 2.24) is 5.32 Å². The van der Waals surface area contributed by atoms with Crippen LogP contribution in [0.4, 0.5) is 14.9 Å². The predicted octanol–water partition coefficient (Wildman–Crippen LogP) is 4.02. The summed E-state index contributed by atoms with van der Waals surface area (Å²) >= 11 is 0. The number of carbonyl (C=O) groups is 3. The first-order valence-corrected chi connectivity index (χ1v) is 10.8. The van der Waals surface area contributed by atoms with E-state index in [9.17, 15) is 18.8 Å². The number of anilines is 1. The van der Waals surface area contributed by atoms with E-state index in [-0.39, 0.29) is 30.3 Å². The number of rotatable bonds is 8. The van der Waals surface area contributed by atoms with Crippen molar-refractivity contribution in [2.45, 2.75) is 12.0 Å². The second-order valence-electron chi connectivity index (χ2n) is 7.92. The van der Waals surface area contributed by atoms with Crippen molar-refractivity contribution >= 4 is 23.7 Å². The maximum absolute atomic E-state index is 14.5. The van der Waals surface area contributed by atoms with E-state index in [1.54, 1.807) is 0 Å². The molecular weight excluding hydrogens is 455 g/mol. The first-order valence-electron chi connectivity index (χ1n) is 10.8. The summed E-state index contributed by atoms with van der Waals surface area (Å²) in [5, 5.41) is 13.7. The number of carboxylic acids is 1. The van der Waals surface area contributed by atoms with Crippen molar-refractivity contribution < 1.29 is 33.4 Å². The van der Waals surface area contributed by atoms with E-state index >= 15 is 0 Å². The van der Waals surface area contributed by atoms with Crippen LogP contribution < -0.4 is 10.6 Å². The summed E-state index contributed by atoms with van der Waals surface area (Å²) in [6, 6.07) is 19.3. The number of hydrogen-bond acceptors (Lipinski definition) is 5. The molecule has 4 rings (SSSR count). The van der Waals surface area contributed by atoms with Gasteiger partial charge < -0.3 is 19.9 Å². The Labute approximate surface area is 200 Å². The summed E-state index contributed by atoms with van der Waals surface area (Å²) in [6.45, 7) is -0.210. The van der Waals surface area contributed by atoms with E-state index in [1.165, 1.54) is 19.2 Å². The fourth-order valence-corrected chi connectivity index (χ4v) is 4.06. The zero-order chi connectivity index (χ0) is 24.9. The second kappa shape index (κ2) is 10.4. The topological polar surface area (TPSA) is 114 Å². The van der Waals surface area contributed by atoms with Crippen LogP contribution in [0.5, 0.6) is 0 Å². The molecule has 180 valence electrons. The molecule has 2 amide bonds. The maximum Gasteiger partial charge on any atom is 0.411 e. The van der Waals surface area contributed by atoms with Gasteiger partial charge in [0.25, 0.3) is 5.91 Å². The lowest BCUT2D eigenvalue weighted by atomic mass is 9.98. The van der Waals surface area contributed by atoms with Gasteiger partial charge in [-0.15, -0.1) is 0 Å². The van der Waals surface area contributed by atoms with Crippen LogP contribution in [0, 0.1) is 5.82 Å². The second-order valence-corrected chi connectivity index (χ2v) is 7.92. The molecule has 9 heteroatoms. The van der Waals surface area contributed by atoms with Crippen molar-refractivity contribution in [3.8, 4) is 11.1 Å². The molecule has 0 bridgehead atoms. The molecule has 1 aliphatic rings. The molecular formula is C26H23FN2O6. The monoisotopic (exact) mass is 478 g/mol. The molecule has 3 N–H and O–H groups in total. The van der Waals surface area contributed by atoms with Crippen LogP contribution in [0.3, 0.4) is 0 Å². The van der Waals surface area contributed by atoms with E-state index < -0.39 is 29.9 Å². The highest BCUT2D eigenvalue weighted by molar-refractivity contribution is 5.95. The number of fused-ring (bicyclic) bond motifs is 3. The van der Waals surface area contributed by atoms with Crippen LogP contribution >= 0.6 is 0 Å². The van der Waals surface area contributed by atoms with Crippen LogP contribution in [-0.4, -0.2) is 49.4 Å². The van der Waals surface area contributed by atoms with Gasteiger partial charge in [-0.25, -0.2) is 14.0 Å². The Balaban J connectivity index is 1.37. The molecule has 0 fully saturated rings. The van der Waals surface area contributed by atoms with Crippen LogP contribution in [0.2, 0.25) is 0 Å². The van der Waals surface area contributed by atoms with Gasteiger partial charge in [-0.3, -0.25) is 10.1 Å². The van der Waals surface area contributed by atoms with Crippen molar-refractivity contribution in [3.63, 3.8) is 0 Å². The summed E-state index contributed by atoms with van der Waals surface area (Å²) < 4.78 is 24.7. The Morgan fingerprint density at radius 3 is 2.20 bits per heavy atom. The van der Waals surface area contributed by atoms with Crippen molar-refractivity contribution in [2.75, 3.05) is 25.6 Å². The summed E-state index contributed by atoms with van der Waals surface area (Å²) in [5.74, 6) is -2.89. The van der Waals surface area contributed by atoms with Crippen LogP contribution in [-0.2, 0) is 14.3 Å². The summed E-state index contributed by atoms with van der Waals surface area (Å²) in [6.07, 6.45) is -2.05. The maximum atomic E-state index is 14.5. The molecule has 0 heterocycles. The number of hydrogen-bond donors (Lipinski definition) is 3. The van der Waals surface area contributed by atoms with Crippen molar-refractivity contribution in [2.24, 2.45) is 0 Å². The highest BCUT2D eigenvalue weighted by Crippen LogP contribution is 2.44. The van der Waals surface area contributed by atoms with Crippen LogP contribution in [0.25, 0.3) is 11.1 Å². The minimum atomic E-state index is -1.23. The Morgan fingerprint density at radius 1 is 1.00 bits per heavy atom. The fraction of sp³-hybridized carbons (Fsp3) is 0.192. The van der Waals surface area contributed by atoms with E-state index in [4.69, 9.17) is 14.6 Å². The lowest BCUT2D eigenvalue weighted by Crippen LogP contribution is -2.37. The average molecular weight is 478 g/mol. The highest BCUT2D eigenvalue weighted by Gasteiger charge is 2.29. The molecule has 8 nitrogen and oxygen atoms in total. The van der Waals surface area contributed by atoms with E-state index in [0.717, 1.165) is 28.3 Å². The van der Waals surface area contributed by atoms with Gasteiger partial charge in [0.1, 0.15) is 12.4 Å². The lowest BCUT2D eigenvalue weighted by Gasteiger charge is -2.15. The normalized spacial score (nSPS) is 12.9. The van der Waals surface area contributed by atoms with Crippen molar-refractivity contribution in [1.29, 1.82) is 0 Å². The lowest BCUT2D eigenvalue weighted by molar-refractivity contribution is -0.148. The van der Waals surface area contributed by atoms with E-state index in [1.807, 2.05) is 48.5 Å². The molecule has 0 aromatic heterocycles. The molecule has 0 aliphatic heterocycles. The Morgan fingerprint density at radius 2 is 1.63 bits per heavy atom. The Kier molecular flexibility index (Phi) is 7.07. The number of ether oxygens (including phenoxy) is 2. The third kappa shape index (κ3) is 5.15. The van der Waals surface area contributed by atoms with Crippen LogP contribution in [0.15, 0.2) is 66.7 Å². The van der Waals surface area contributed by atoms with Gasteiger partial charge in [0.05, 0.1) is 12.2 Å². The molecule has 0 saturated heterocycles.